The molecule has 0 atom stereocenters. The molecular formula is C19H20N4O3. The molecule has 1 fully saturated rings. The van der Waals surface area contributed by atoms with E-state index in [1.165, 1.54) is 0 Å². The molecule has 3 heterocycles. The van der Waals surface area contributed by atoms with Crippen molar-refractivity contribution in [2.24, 2.45) is 5.92 Å². The van der Waals surface area contributed by atoms with Gasteiger partial charge in [0.15, 0.2) is 11.6 Å². The lowest BCUT2D eigenvalue weighted by molar-refractivity contribution is -0.132. The molecule has 3 aromatic rings. The number of nitrogens with zero attached hydrogens (tertiary/aromatic N) is 2. The van der Waals surface area contributed by atoms with Crippen molar-refractivity contribution < 1.29 is 14.0 Å². The number of aromatic nitrogens is 2. The van der Waals surface area contributed by atoms with Crippen molar-refractivity contribution in [3.8, 4) is 11.6 Å². The molecule has 1 saturated heterocycles. The number of furan rings is 1. The molecule has 0 radical (unpaired) electrons. The molecule has 134 valence electrons. The molecule has 0 aliphatic carbocycles. The van der Waals surface area contributed by atoms with Crippen LogP contribution in [0.1, 0.15) is 19.8 Å². The number of piperidine rings is 1. The van der Waals surface area contributed by atoms with Gasteiger partial charge in [0.25, 0.3) is 0 Å². The number of benzene rings is 1. The van der Waals surface area contributed by atoms with Gasteiger partial charge in [-0.2, -0.15) is 0 Å². The summed E-state index contributed by atoms with van der Waals surface area (Å²) in [4.78, 5) is 33.4. The van der Waals surface area contributed by atoms with Crippen molar-refractivity contribution in [3.05, 3.63) is 36.6 Å². The number of nitrogens with one attached hydrogen (secondary N) is 2. The maximum absolute atomic E-state index is 12.5. The number of rotatable bonds is 3. The summed E-state index contributed by atoms with van der Waals surface area (Å²) in [5.41, 5.74) is 2.37. The first kappa shape index (κ1) is 16.4. The van der Waals surface area contributed by atoms with Crippen molar-refractivity contribution >= 4 is 28.5 Å². The summed E-state index contributed by atoms with van der Waals surface area (Å²) in [5, 5.41) is 2.98. The van der Waals surface area contributed by atoms with E-state index in [-0.39, 0.29) is 17.7 Å². The van der Waals surface area contributed by atoms with Crippen molar-refractivity contribution in [2.45, 2.75) is 19.8 Å². The Morgan fingerprint density at radius 2 is 2.08 bits per heavy atom. The van der Waals surface area contributed by atoms with E-state index in [0.717, 1.165) is 16.7 Å². The van der Waals surface area contributed by atoms with Crippen LogP contribution in [0.15, 0.2) is 41.0 Å². The third-order valence-electron chi connectivity index (χ3n) is 4.82. The highest BCUT2D eigenvalue weighted by atomic mass is 16.3. The van der Waals surface area contributed by atoms with Gasteiger partial charge in [-0.3, -0.25) is 9.59 Å². The second kappa shape index (κ2) is 6.67. The summed E-state index contributed by atoms with van der Waals surface area (Å²) in [7, 11) is 0. The molecule has 2 amide bonds. The van der Waals surface area contributed by atoms with Crippen LogP contribution in [0.2, 0.25) is 0 Å². The summed E-state index contributed by atoms with van der Waals surface area (Å²) >= 11 is 0. The van der Waals surface area contributed by atoms with E-state index in [1.807, 2.05) is 30.3 Å². The van der Waals surface area contributed by atoms with Gasteiger partial charge in [-0.25, -0.2) is 4.98 Å². The van der Waals surface area contributed by atoms with E-state index >= 15 is 0 Å². The zero-order chi connectivity index (χ0) is 18.1. The number of H-pyrrole nitrogens is 1. The van der Waals surface area contributed by atoms with E-state index in [0.29, 0.717) is 37.5 Å². The van der Waals surface area contributed by atoms with E-state index in [2.05, 4.69) is 15.3 Å². The predicted molar refractivity (Wildman–Crippen MR) is 97.4 cm³/mol. The van der Waals surface area contributed by atoms with Gasteiger partial charge in [0.1, 0.15) is 0 Å². The number of amides is 2. The first-order valence-corrected chi connectivity index (χ1v) is 8.70. The van der Waals surface area contributed by atoms with Crippen LogP contribution >= 0.6 is 0 Å². The molecule has 0 bridgehead atoms. The zero-order valence-electron chi connectivity index (χ0n) is 14.5. The van der Waals surface area contributed by atoms with Crippen molar-refractivity contribution in [3.63, 3.8) is 0 Å². The van der Waals surface area contributed by atoms with Crippen molar-refractivity contribution in [1.29, 1.82) is 0 Å². The van der Waals surface area contributed by atoms with E-state index in [1.54, 1.807) is 18.1 Å². The minimum Gasteiger partial charge on any atom is -0.461 e. The molecule has 4 rings (SSSR count). The number of anilines is 1. The molecule has 1 aliphatic rings. The van der Waals surface area contributed by atoms with Gasteiger partial charge in [-0.15, -0.1) is 0 Å². The fraction of sp³-hybridized carbons (Fsp3) is 0.316. The number of carbonyl (C=O) groups is 2. The first-order valence-electron chi connectivity index (χ1n) is 8.70. The Bertz CT molecular complexity index is 937. The minimum atomic E-state index is -0.0678. The predicted octanol–water partition coefficient (Wildman–Crippen LogP) is 3.02. The summed E-state index contributed by atoms with van der Waals surface area (Å²) in [6.45, 7) is 2.84. The fourth-order valence-corrected chi connectivity index (χ4v) is 3.32. The monoisotopic (exact) mass is 352 g/mol. The second-order valence-corrected chi connectivity index (χ2v) is 6.56. The van der Waals surface area contributed by atoms with E-state index in [9.17, 15) is 9.59 Å². The molecule has 7 nitrogen and oxygen atoms in total. The minimum absolute atomic E-state index is 0.00155. The van der Waals surface area contributed by atoms with E-state index < -0.39 is 0 Å². The maximum Gasteiger partial charge on any atom is 0.227 e. The van der Waals surface area contributed by atoms with Crippen LogP contribution in [-0.2, 0) is 9.59 Å². The Hall–Kier alpha value is -3.09. The van der Waals surface area contributed by atoms with Gasteiger partial charge in [0, 0.05) is 31.6 Å². The number of aromatic amines is 1. The molecule has 1 aromatic carbocycles. The average molecular weight is 352 g/mol. The summed E-state index contributed by atoms with van der Waals surface area (Å²) < 4.78 is 5.36. The summed E-state index contributed by atoms with van der Waals surface area (Å²) in [6.07, 6.45) is 2.99. The fourth-order valence-electron chi connectivity index (χ4n) is 3.32. The van der Waals surface area contributed by atoms with Crippen LogP contribution in [0.5, 0.6) is 0 Å². The molecule has 7 heteroatoms. The third-order valence-corrected chi connectivity index (χ3v) is 4.82. The number of imidazole rings is 1. The quantitative estimate of drug-likeness (QED) is 0.758. The van der Waals surface area contributed by atoms with Gasteiger partial charge in [0.05, 0.1) is 17.3 Å². The van der Waals surface area contributed by atoms with E-state index in [4.69, 9.17) is 4.42 Å². The van der Waals surface area contributed by atoms with Crippen LogP contribution in [0.4, 0.5) is 5.69 Å². The number of hydrogen-bond acceptors (Lipinski definition) is 4. The summed E-state index contributed by atoms with van der Waals surface area (Å²) in [6, 6.07) is 9.24. The van der Waals surface area contributed by atoms with Crippen molar-refractivity contribution in [2.75, 3.05) is 18.4 Å². The number of carbonyl (C=O) groups excluding carboxylic acids is 2. The molecule has 2 N–H and O–H groups in total. The Labute approximate surface area is 150 Å². The molecule has 2 aromatic heterocycles. The van der Waals surface area contributed by atoms with Crippen LogP contribution in [0, 0.1) is 5.92 Å². The maximum atomic E-state index is 12.5. The van der Waals surface area contributed by atoms with Gasteiger partial charge in [-0.05, 0) is 43.2 Å². The molecule has 26 heavy (non-hydrogen) atoms. The average Bonchev–Trinajstić information content (AvgIpc) is 3.30. The molecule has 0 unspecified atom stereocenters. The first-order chi connectivity index (χ1) is 12.6. The van der Waals surface area contributed by atoms with Crippen LogP contribution in [-0.4, -0.2) is 39.8 Å². The molecule has 1 aliphatic heterocycles. The van der Waals surface area contributed by atoms with Crippen LogP contribution < -0.4 is 5.32 Å². The molecular weight excluding hydrogens is 332 g/mol. The van der Waals surface area contributed by atoms with Gasteiger partial charge in [-0.1, -0.05) is 0 Å². The lowest BCUT2D eigenvalue weighted by Gasteiger charge is -2.30. The van der Waals surface area contributed by atoms with Crippen LogP contribution in [0.3, 0.4) is 0 Å². The lowest BCUT2D eigenvalue weighted by atomic mass is 9.96. The topological polar surface area (TPSA) is 91.2 Å². The lowest BCUT2D eigenvalue weighted by Crippen LogP contribution is -2.40. The Morgan fingerprint density at radius 3 is 2.77 bits per heavy atom. The smallest absolute Gasteiger partial charge is 0.227 e. The molecule has 0 saturated carbocycles. The largest absolute Gasteiger partial charge is 0.461 e. The number of fused-ring (bicyclic) bond motifs is 1. The molecule has 0 spiro atoms. The highest BCUT2D eigenvalue weighted by Gasteiger charge is 2.26. The Kier molecular flexibility index (Phi) is 4.20. The summed E-state index contributed by atoms with van der Waals surface area (Å²) in [5.74, 6) is 1.33. The zero-order valence-corrected chi connectivity index (χ0v) is 14.5. The SMILES string of the molecule is CC(=O)N1CCC(C(=O)Nc2ccc3nc(-c4ccco4)[nH]c3c2)CC1. The van der Waals surface area contributed by atoms with Crippen molar-refractivity contribution in [1.82, 2.24) is 14.9 Å². The third kappa shape index (κ3) is 3.20. The standard InChI is InChI=1S/C19H20N4O3/c1-12(24)23-8-6-13(7-9-23)19(25)20-14-4-5-15-16(11-14)22-18(21-15)17-3-2-10-26-17/h2-5,10-11,13H,6-9H2,1H3,(H,20,25)(H,21,22). The van der Waals surface area contributed by atoms with Gasteiger partial charge < -0.3 is 19.6 Å². The Morgan fingerprint density at radius 1 is 1.27 bits per heavy atom. The second-order valence-electron chi connectivity index (χ2n) is 6.56. The van der Waals surface area contributed by atoms with Crippen LogP contribution in [0.25, 0.3) is 22.6 Å². The highest BCUT2D eigenvalue weighted by molar-refractivity contribution is 5.95. The number of hydrogen-bond donors (Lipinski definition) is 2. The van der Waals surface area contributed by atoms with Gasteiger partial charge in [0.2, 0.25) is 11.8 Å². The van der Waals surface area contributed by atoms with Gasteiger partial charge >= 0.3 is 0 Å². The normalized spacial score (nSPS) is 15.3. The number of likely N-dealkylation sites (tertiary alicyclic amines) is 1. The highest BCUT2D eigenvalue weighted by Crippen LogP contribution is 2.24. The Balaban J connectivity index is 1.45.